The molecule has 0 unspecified atom stereocenters. The molecule has 1 aromatic rings. The zero-order valence-electron chi connectivity index (χ0n) is 10.8. The van der Waals surface area contributed by atoms with Crippen LogP contribution in [0.4, 0.5) is 4.79 Å². The van der Waals surface area contributed by atoms with Crippen molar-refractivity contribution in [3.63, 3.8) is 0 Å². The Balaban J connectivity index is 1.84. The van der Waals surface area contributed by atoms with Crippen LogP contribution in [-0.2, 0) is 11.3 Å². The second-order valence-electron chi connectivity index (χ2n) is 4.24. The summed E-state index contributed by atoms with van der Waals surface area (Å²) in [5.74, 6) is 0.294. The molecule has 0 aromatic heterocycles. The van der Waals surface area contributed by atoms with Gasteiger partial charge in [0.25, 0.3) is 5.91 Å². The minimum absolute atomic E-state index is 0.126. The maximum atomic E-state index is 11.7. The minimum Gasteiger partial charge on any atom is -0.484 e. The summed E-state index contributed by atoms with van der Waals surface area (Å²) in [6.07, 6.45) is 0. The van der Waals surface area contributed by atoms with E-state index in [1.807, 2.05) is 31.3 Å². The van der Waals surface area contributed by atoms with Crippen molar-refractivity contribution in [2.24, 2.45) is 0 Å². The Bertz CT molecular complexity index is 459. The van der Waals surface area contributed by atoms with Gasteiger partial charge in [0.2, 0.25) is 0 Å². The smallest absolute Gasteiger partial charge is 0.324 e. The second kappa shape index (κ2) is 6.19. The van der Waals surface area contributed by atoms with Crippen LogP contribution in [0.5, 0.6) is 5.75 Å². The van der Waals surface area contributed by atoms with Crippen molar-refractivity contribution >= 4 is 11.9 Å². The van der Waals surface area contributed by atoms with Crippen LogP contribution in [0.25, 0.3) is 0 Å². The number of imide groups is 1. The van der Waals surface area contributed by atoms with Crippen LogP contribution in [0.2, 0.25) is 0 Å². The van der Waals surface area contributed by atoms with Crippen molar-refractivity contribution in [3.05, 3.63) is 29.8 Å². The highest BCUT2D eigenvalue weighted by Gasteiger charge is 2.26. The van der Waals surface area contributed by atoms with Gasteiger partial charge in [0.15, 0.2) is 6.61 Å². The molecule has 6 heteroatoms. The fourth-order valence-electron chi connectivity index (χ4n) is 1.84. The molecule has 0 radical (unpaired) electrons. The number of hydrogen-bond donors (Lipinski definition) is 2. The summed E-state index contributed by atoms with van der Waals surface area (Å²) in [4.78, 5) is 24.2. The highest BCUT2D eigenvalue weighted by molar-refractivity contribution is 5.96. The summed E-state index contributed by atoms with van der Waals surface area (Å²) in [6, 6.07) is 7.13. The summed E-state index contributed by atoms with van der Waals surface area (Å²) >= 11 is 0. The van der Waals surface area contributed by atoms with Crippen LogP contribution >= 0.6 is 0 Å². The van der Waals surface area contributed by atoms with Gasteiger partial charge in [-0.15, -0.1) is 0 Å². The fourth-order valence-corrected chi connectivity index (χ4v) is 1.84. The molecule has 1 aliphatic heterocycles. The predicted octanol–water partition coefficient (Wildman–Crippen LogP) is 0.337. The molecule has 2 rings (SSSR count). The topological polar surface area (TPSA) is 70.7 Å². The summed E-state index contributed by atoms with van der Waals surface area (Å²) in [5.41, 5.74) is 1.14. The summed E-state index contributed by atoms with van der Waals surface area (Å²) in [6.45, 7) is 1.57. The lowest BCUT2D eigenvalue weighted by molar-refractivity contribution is -0.129. The highest BCUT2D eigenvalue weighted by atomic mass is 16.5. The first kappa shape index (κ1) is 13.4. The first-order valence-electron chi connectivity index (χ1n) is 6.15. The molecular formula is C13H17N3O3. The van der Waals surface area contributed by atoms with Crippen molar-refractivity contribution < 1.29 is 14.3 Å². The molecule has 102 valence electrons. The Morgan fingerprint density at radius 2 is 2.16 bits per heavy atom. The van der Waals surface area contributed by atoms with E-state index < -0.39 is 0 Å². The third-order valence-electron chi connectivity index (χ3n) is 2.82. The average Bonchev–Trinajstić information content (AvgIpc) is 2.84. The van der Waals surface area contributed by atoms with E-state index in [1.165, 1.54) is 0 Å². The molecule has 1 aliphatic rings. The monoisotopic (exact) mass is 263 g/mol. The van der Waals surface area contributed by atoms with Gasteiger partial charge in [-0.2, -0.15) is 0 Å². The van der Waals surface area contributed by atoms with Crippen molar-refractivity contribution in [2.45, 2.75) is 6.54 Å². The van der Waals surface area contributed by atoms with Gasteiger partial charge in [0.1, 0.15) is 5.75 Å². The Kier molecular flexibility index (Phi) is 4.35. The lowest BCUT2D eigenvalue weighted by Gasteiger charge is -2.13. The fraction of sp³-hybridized carbons (Fsp3) is 0.385. The highest BCUT2D eigenvalue weighted by Crippen LogP contribution is 2.12. The van der Waals surface area contributed by atoms with Crippen LogP contribution in [0.15, 0.2) is 24.3 Å². The van der Waals surface area contributed by atoms with Crippen LogP contribution in [0, 0.1) is 0 Å². The van der Waals surface area contributed by atoms with Gasteiger partial charge in [0.05, 0.1) is 0 Å². The van der Waals surface area contributed by atoms with Gasteiger partial charge in [-0.1, -0.05) is 12.1 Å². The molecule has 2 N–H and O–H groups in total. The number of benzene rings is 1. The molecule has 6 nitrogen and oxygen atoms in total. The van der Waals surface area contributed by atoms with E-state index in [2.05, 4.69) is 10.6 Å². The predicted molar refractivity (Wildman–Crippen MR) is 69.8 cm³/mol. The van der Waals surface area contributed by atoms with Crippen LogP contribution in [-0.4, -0.2) is 43.6 Å². The zero-order chi connectivity index (χ0) is 13.7. The number of nitrogens with zero attached hydrogens (tertiary/aromatic N) is 1. The van der Waals surface area contributed by atoms with E-state index in [-0.39, 0.29) is 18.5 Å². The largest absolute Gasteiger partial charge is 0.484 e. The van der Waals surface area contributed by atoms with Crippen molar-refractivity contribution in [2.75, 3.05) is 26.7 Å². The molecule has 1 aromatic carbocycles. The standard InChI is InChI=1S/C13H17N3O3/c1-14-8-10-2-4-11(5-3-10)19-9-12(17)16-7-6-15-13(16)18/h2-5,14H,6-9H2,1H3,(H,15,18). The summed E-state index contributed by atoms with van der Waals surface area (Å²) in [7, 11) is 1.88. The maximum Gasteiger partial charge on any atom is 0.324 e. The Labute approximate surface area is 111 Å². The van der Waals surface area contributed by atoms with Gasteiger partial charge in [-0.25, -0.2) is 4.79 Å². The molecule has 0 bridgehead atoms. The molecule has 0 aliphatic carbocycles. The molecule has 0 atom stereocenters. The first-order chi connectivity index (χ1) is 9.20. The molecule has 0 saturated carbocycles. The Morgan fingerprint density at radius 3 is 2.74 bits per heavy atom. The lowest BCUT2D eigenvalue weighted by atomic mass is 10.2. The Hall–Kier alpha value is -2.08. The quantitative estimate of drug-likeness (QED) is 0.803. The molecule has 0 spiro atoms. The number of amides is 3. The van der Waals surface area contributed by atoms with Crippen LogP contribution in [0.3, 0.4) is 0 Å². The SMILES string of the molecule is CNCc1ccc(OCC(=O)N2CCNC2=O)cc1. The van der Waals surface area contributed by atoms with Crippen molar-refractivity contribution in [1.82, 2.24) is 15.5 Å². The number of rotatable bonds is 5. The molecule has 1 fully saturated rings. The van der Waals surface area contributed by atoms with Crippen molar-refractivity contribution in [3.8, 4) is 5.75 Å². The number of urea groups is 1. The van der Waals surface area contributed by atoms with E-state index in [0.29, 0.717) is 18.8 Å². The van der Waals surface area contributed by atoms with Gasteiger partial charge in [-0.05, 0) is 24.7 Å². The first-order valence-corrected chi connectivity index (χ1v) is 6.15. The van der Waals surface area contributed by atoms with Crippen LogP contribution < -0.4 is 15.4 Å². The van der Waals surface area contributed by atoms with E-state index in [4.69, 9.17) is 4.74 Å². The third-order valence-corrected chi connectivity index (χ3v) is 2.82. The maximum absolute atomic E-state index is 11.7. The van der Waals surface area contributed by atoms with E-state index in [1.54, 1.807) is 0 Å². The number of ether oxygens (including phenoxy) is 1. The van der Waals surface area contributed by atoms with Crippen molar-refractivity contribution in [1.29, 1.82) is 0 Å². The molecule has 1 heterocycles. The third kappa shape index (κ3) is 3.45. The molecule has 1 saturated heterocycles. The zero-order valence-corrected chi connectivity index (χ0v) is 10.8. The second-order valence-corrected chi connectivity index (χ2v) is 4.24. The Morgan fingerprint density at radius 1 is 1.42 bits per heavy atom. The number of carbonyl (C=O) groups excluding carboxylic acids is 2. The number of carbonyl (C=O) groups is 2. The van der Waals surface area contributed by atoms with Crippen LogP contribution in [0.1, 0.15) is 5.56 Å². The van der Waals surface area contributed by atoms with Gasteiger partial charge in [-0.3, -0.25) is 9.69 Å². The van der Waals surface area contributed by atoms with Gasteiger partial charge in [0, 0.05) is 19.6 Å². The molecule has 19 heavy (non-hydrogen) atoms. The number of hydrogen-bond acceptors (Lipinski definition) is 4. The summed E-state index contributed by atoms with van der Waals surface area (Å²) < 4.78 is 5.37. The van der Waals surface area contributed by atoms with Gasteiger partial charge < -0.3 is 15.4 Å². The average molecular weight is 263 g/mol. The molecule has 3 amide bonds. The minimum atomic E-state index is -0.349. The summed E-state index contributed by atoms with van der Waals surface area (Å²) in [5, 5.41) is 5.62. The lowest BCUT2D eigenvalue weighted by Crippen LogP contribution is -2.37. The van der Waals surface area contributed by atoms with Gasteiger partial charge >= 0.3 is 6.03 Å². The normalized spacial score (nSPS) is 14.4. The molecular weight excluding hydrogens is 246 g/mol. The van der Waals surface area contributed by atoms with E-state index in [0.717, 1.165) is 17.0 Å². The number of nitrogens with one attached hydrogen (secondary N) is 2. The van der Waals surface area contributed by atoms with E-state index >= 15 is 0 Å². The van der Waals surface area contributed by atoms with E-state index in [9.17, 15) is 9.59 Å².